The molecule has 6 heteroatoms. The molecule has 0 radical (unpaired) electrons. The summed E-state index contributed by atoms with van der Waals surface area (Å²) >= 11 is 5.79. The van der Waals surface area contributed by atoms with E-state index in [2.05, 4.69) is 24.1 Å². The van der Waals surface area contributed by atoms with E-state index in [-0.39, 0.29) is 17.6 Å². The number of anilines is 1. The third kappa shape index (κ3) is 4.31. The number of halogens is 1. The lowest BCUT2D eigenvalue weighted by atomic mass is 10.0. The number of nitrogens with two attached hydrogens (primary N) is 1. The Hall–Kier alpha value is -1.85. The number of carbonyl (C=O) groups is 1. The van der Waals surface area contributed by atoms with Gasteiger partial charge >= 0.3 is 0 Å². The summed E-state index contributed by atoms with van der Waals surface area (Å²) in [4.78, 5) is 16.2. The predicted octanol–water partition coefficient (Wildman–Crippen LogP) is 3.63. The fourth-order valence-electron chi connectivity index (χ4n) is 1.90. The molecular weight excluding hydrogens is 290 g/mol. The summed E-state index contributed by atoms with van der Waals surface area (Å²) in [6.45, 7) is 4.13. The number of benzene rings is 1. The highest BCUT2D eigenvalue weighted by molar-refractivity contribution is 6.30. The van der Waals surface area contributed by atoms with Crippen LogP contribution >= 0.6 is 11.6 Å². The second-order valence-corrected chi connectivity index (χ2v) is 5.70. The van der Waals surface area contributed by atoms with E-state index in [4.69, 9.17) is 21.8 Å². The molecule has 2 rings (SSSR count). The molecule has 0 fully saturated rings. The molecule has 0 bridgehead atoms. The van der Waals surface area contributed by atoms with Gasteiger partial charge in [-0.2, -0.15) is 0 Å². The Bertz CT molecular complexity index is 608. The Balaban J connectivity index is 2.03. The van der Waals surface area contributed by atoms with Gasteiger partial charge in [0.1, 0.15) is 6.26 Å². The summed E-state index contributed by atoms with van der Waals surface area (Å²) in [5, 5.41) is 3.33. The first kappa shape index (κ1) is 15.5. The summed E-state index contributed by atoms with van der Waals surface area (Å²) in [6, 6.07) is 6.52. The average molecular weight is 308 g/mol. The van der Waals surface area contributed by atoms with Crippen LogP contribution in [0.25, 0.3) is 0 Å². The van der Waals surface area contributed by atoms with E-state index in [0.717, 1.165) is 6.42 Å². The summed E-state index contributed by atoms with van der Waals surface area (Å²) in [6.07, 6.45) is 2.07. The second kappa shape index (κ2) is 6.74. The number of carbonyl (C=O) groups excluding carboxylic acids is 1. The van der Waals surface area contributed by atoms with Crippen molar-refractivity contribution in [3.05, 3.63) is 47.1 Å². The molecular formula is C15H18ClN3O2. The molecule has 5 nitrogen and oxygen atoms in total. The van der Waals surface area contributed by atoms with Crippen LogP contribution in [0.15, 0.2) is 34.9 Å². The maximum Gasteiger partial charge on any atom is 0.277 e. The van der Waals surface area contributed by atoms with Crippen molar-refractivity contribution >= 4 is 23.2 Å². The fourth-order valence-corrected chi connectivity index (χ4v) is 2.03. The molecule has 1 unspecified atom stereocenters. The first-order valence-corrected chi connectivity index (χ1v) is 7.11. The Labute approximate surface area is 128 Å². The normalized spacial score (nSPS) is 12.4. The van der Waals surface area contributed by atoms with Crippen molar-refractivity contribution in [1.29, 1.82) is 0 Å². The van der Waals surface area contributed by atoms with Gasteiger partial charge in [-0.25, -0.2) is 4.98 Å². The van der Waals surface area contributed by atoms with Gasteiger partial charge in [-0.1, -0.05) is 25.4 Å². The van der Waals surface area contributed by atoms with Gasteiger partial charge in [-0.05, 0) is 36.6 Å². The van der Waals surface area contributed by atoms with Crippen molar-refractivity contribution in [2.75, 3.05) is 5.32 Å². The summed E-state index contributed by atoms with van der Waals surface area (Å²) < 4.78 is 5.29. The van der Waals surface area contributed by atoms with Gasteiger partial charge in [0.2, 0.25) is 5.89 Å². The first-order chi connectivity index (χ1) is 9.95. The zero-order chi connectivity index (χ0) is 15.4. The zero-order valence-corrected chi connectivity index (χ0v) is 12.7. The van der Waals surface area contributed by atoms with Crippen LogP contribution in [0.1, 0.15) is 42.7 Å². The number of oxazole rings is 1. The minimum Gasteiger partial charge on any atom is -0.446 e. The number of hydrogen-bond donors (Lipinski definition) is 2. The molecule has 0 aliphatic heterocycles. The molecule has 1 aromatic carbocycles. The van der Waals surface area contributed by atoms with Gasteiger partial charge in [-0.15, -0.1) is 0 Å². The standard InChI is InChI=1S/C15H18ClN3O2/c1-9(2)7-12(17)15-19-13(8-21-15)14(20)18-11-5-3-10(16)4-6-11/h3-6,8-9,12H,7,17H2,1-2H3,(H,18,20). The first-order valence-electron chi connectivity index (χ1n) is 6.73. The molecule has 0 aliphatic rings. The minimum atomic E-state index is -0.343. The molecule has 21 heavy (non-hydrogen) atoms. The van der Waals surface area contributed by atoms with Crippen LogP contribution < -0.4 is 11.1 Å². The highest BCUT2D eigenvalue weighted by Crippen LogP contribution is 2.19. The molecule has 1 atom stereocenters. The van der Waals surface area contributed by atoms with Gasteiger partial charge in [0.05, 0.1) is 6.04 Å². The van der Waals surface area contributed by atoms with Crippen LogP contribution in [-0.4, -0.2) is 10.9 Å². The number of amides is 1. The van der Waals surface area contributed by atoms with Crippen LogP contribution in [0.3, 0.4) is 0 Å². The Kier molecular flexibility index (Phi) is 4.98. The molecule has 0 saturated heterocycles. The number of rotatable bonds is 5. The molecule has 1 heterocycles. The summed E-state index contributed by atoms with van der Waals surface area (Å²) in [5.41, 5.74) is 6.82. The zero-order valence-electron chi connectivity index (χ0n) is 12.0. The summed E-state index contributed by atoms with van der Waals surface area (Å²) in [5.74, 6) is 0.465. The van der Waals surface area contributed by atoms with E-state index < -0.39 is 0 Å². The maximum atomic E-state index is 12.0. The van der Waals surface area contributed by atoms with Gasteiger partial charge < -0.3 is 15.5 Å². The van der Waals surface area contributed by atoms with Gasteiger partial charge in [0, 0.05) is 10.7 Å². The third-order valence-electron chi connectivity index (χ3n) is 2.90. The SMILES string of the molecule is CC(C)CC(N)c1nc(C(=O)Nc2ccc(Cl)cc2)co1. The highest BCUT2D eigenvalue weighted by atomic mass is 35.5. The van der Waals surface area contributed by atoms with Crippen molar-refractivity contribution in [3.8, 4) is 0 Å². The Morgan fingerprint density at radius 2 is 2.05 bits per heavy atom. The lowest BCUT2D eigenvalue weighted by Gasteiger charge is -2.09. The molecule has 2 aromatic rings. The minimum absolute atomic E-state index is 0.208. The lowest BCUT2D eigenvalue weighted by molar-refractivity contribution is 0.102. The number of nitrogens with one attached hydrogen (secondary N) is 1. The summed E-state index contributed by atoms with van der Waals surface area (Å²) in [7, 11) is 0. The van der Waals surface area contributed by atoms with E-state index in [1.165, 1.54) is 6.26 Å². The van der Waals surface area contributed by atoms with Crippen molar-refractivity contribution in [2.45, 2.75) is 26.3 Å². The predicted molar refractivity (Wildman–Crippen MR) is 82.3 cm³/mol. The molecule has 0 saturated carbocycles. The molecule has 0 aliphatic carbocycles. The maximum absolute atomic E-state index is 12.0. The largest absolute Gasteiger partial charge is 0.446 e. The van der Waals surface area contributed by atoms with Crippen LogP contribution in [0, 0.1) is 5.92 Å². The average Bonchev–Trinajstić information content (AvgIpc) is 2.90. The number of nitrogens with zero attached hydrogens (tertiary/aromatic N) is 1. The molecule has 1 amide bonds. The van der Waals surface area contributed by atoms with E-state index in [1.807, 2.05) is 0 Å². The number of hydrogen-bond acceptors (Lipinski definition) is 4. The number of aromatic nitrogens is 1. The molecule has 0 spiro atoms. The van der Waals surface area contributed by atoms with E-state index in [1.54, 1.807) is 24.3 Å². The third-order valence-corrected chi connectivity index (χ3v) is 3.15. The topological polar surface area (TPSA) is 81.1 Å². The van der Waals surface area contributed by atoms with Gasteiger partial charge in [0.15, 0.2) is 5.69 Å². The van der Waals surface area contributed by atoms with Gasteiger partial charge in [0.25, 0.3) is 5.91 Å². The highest BCUT2D eigenvalue weighted by Gasteiger charge is 2.18. The van der Waals surface area contributed by atoms with E-state index >= 15 is 0 Å². The van der Waals surface area contributed by atoms with Crippen molar-refractivity contribution < 1.29 is 9.21 Å². The van der Waals surface area contributed by atoms with Gasteiger partial charge in [-0.3, -0.25) is 4.79 Å². The smallest absolute Gasteiger partial charge is 0.277 e. The van der Waals surface area contributed by atoms with Crippen LogP contribution in [0.2, 0.25) is 5.02 Å². The molecule has 1 aromatic heterocycles. The van der Waals surface area contributed by atoms with Crippen molar-refractivity contribution in [2.24, 2.45) is 11.7 Å². The van der Waals surface area contributed by atoms with Crippen molar-refractivity contribution in [3.63, 3.8) is 0 Å². The lowest BCUT2D eigenvalue weighted by Crippen LogP contribution is -2.15. The Morgan fingerprint density at radius 3 is 2.67 bits per heavy atom. The van der Waals surface area contributed by atoms with Crippen LogP contribution in [0.5, 0.6) is 0 Å². The van der Waals surface area contributed by atoms with E-state index in [0.29, 0.717) is 22.5 Å². The molecule has 112 valence electrons. The van der Waals surface area contributed by atoms with E-state index in [9.17, 15) is 4.79 Å². The van der Waals surface area contributed by atoms with Crippen molar-refractivity contribution in [1.82, 2.24) is 4.98 Å². The quantitative estimate of drug-likeness (QED) is 0.884. The monoisotopic (exact) mass is 307 g/mol. The Morgan fingerprint density at radius 1 is 1.38 bits per heavy atom. The second-order valence-electron chi connectivity index (χ2n) is 5.27. The fraction of sp³-hybridized carbons (Fsp3) is 0.333. The molecule has 3 N–H and O–H groups in total. The van der Waals surface area contributed by atoms with Crippen LogP contribution in [-0.2, 0) is 0 Å². The van der Waals surface area contributed by atoms with Crippen LogP contribution in [0.4, 0.5) is 5.69 Å².